The van der Waals surface area contributed by atoms with E-state index in [4.69, 9.17) is 0 Å². The van der Waals surface area contributed by atoms with Crippen LogP contribution in [0.5, 0.6) is 0 Å². The standard InChI is InChI=1S/C15H26BrNSi/c1-12(2)17-10-14(11-18(3,4)5)13-6-8-15(16)9-7-13/h6-9,12,14,17H,10-11H2,1-5H3. The Kier molecular flexibility index (Phi) is 6.08. The van der Waals surface area contributed by atoms with Gasteiger partial charge in [0.15, 0.2) is 0 Å². The van der Waals surface area contributed by atoms with Gasteiger partial charge in [0.25, 0.3) is 0 Å². The smallest absolute Gasteiger partial charge is 0.0449 e. The largest absolute Gasteiger partial charge is 0.314 e. The Bertz CT molecular complexity index is 354. The zero-order valence-corrected chi connectivity index (χ0v) is 14.8. The molecule has 0 saturated carbocycles. The summed E-state index contributed by atoms with van der Waals surface area (Å²) >= 11 is 3.51. The zero-order valence-electron chi connectivity index (χ0n) is 12.3. The third kappa shape index (κ3) is 6.16. The first-order valence-electron chi connectivity index (χ1n) is 6.77. The molecule has 0 fully saturated rings. The number of nitrogens with one attached hydrogen (secondary N) is 1. The summed E-state index contributed by atoms with van der Waals surface area (Å²) in [5.41, 5.74) is 1.47. The molecule has 18 heavy (non-hydrogen) atoms. The topological polar surface area (TPSA) is 12.0 Å². The van der Waals surface area contributed by atoms with Gasteiger partial charge in [-0.15, -0.1) is 0 Å². The Morgan fingerprint density at radius 3 is 2.11 bits per heavy atom. The molecule has 102 valence electrons. The van der Waals surface area contributed by atoms with Crippen molar-refractivity contribution in [2.45, 2.75) is 51.5 Å². The third-order valence-corrected chi connectivity index (χ3v) is 5.22. The van der Waals surface area contributed by atoms with Crippen molar-refractivity contribution >= 4 is 24.0 Å². The maximum absolute atomic E-state index is 3.59. The van der Waals surface area contributed by atoms with Gasteiger partial charge in [-0.1, -0.05) is 61.6 Å². The maximum Gasteiger partial charge on any atom is 0.0449 e. The fourth-order valence-electron chi connectivity index (χ4n) is 2.16. The molecule has 0 spiro atoms. The van der Waals surface area contributed by atoms with Gasteiger partial charge >= 0.3 is 0 Å². The van der Waals surface area contributed by atoms with Crippen molar-refractivity contribution in [3.05, 3.63) is 34.3 Å². The van der Waals surface area contributed by atoms with E-state index in [1.54, 1.807) is 0 Å². The van der Waals surface area contributed by atoms with Crippen LogP contribution in [0.1, 0.15) is 25.3 Å². The second kappa shape index (κ2) is 6.87. The molecule has 1 nitrogen and oxygen atoms in total. The van der Waals surface area contributed by atoms with E-state index >= 15 is 0 Å². The molecule has 0 heterocycles. The van der Waals surface area contributed by atoms with Crippen LogP contribution in [0.25, 0.3) is 0 Å². The van der Waals surface area contributed by atoms with Gasteiger partial charge in [0.05, 0.1) is 0 Å². The lowest BCUT2D eigenvalue weighted by Gasteiger charge is -2.26. The summed E-state index contributed by atoms with van der Waals surface area (Å²) in [6.45, 7) is 12.9. The molecule has 1 aromatic carbocycles. The van der Waals surface area contributed by atoms with E-state index in [0.717, 1.165) is 11.0 Å². The second-order valence-corrected chi connectivity index (χ2v) is 13.0. The molecule has 0 radical (unpaired) electrons. The molecule has 0 saturated heterocycles. The Morgan fingerprint density at radius 2 is 1.67 bits per heavy atom. The molecule has 0 aliphatic rings. The van der Waals surface area contributed by atoms with Gasteiger partial charge in [-0.2, -0.15) is 0 Å². The average molecular weight is 328 g/mol. The summed E-state index contributed by atoms with van der Waals surface area (Å²) in [5, 5.41) is 3.59. The highest BCUT2D eigenvalue weighted by Gasteiger charge is 2.21. The van der Waals surface area contributed by atoms with Crippen LogP contribution in [0.15, 0.2) is 28.7 Å². The van der Waals surface area contributed by atoms with Crippen LogP contribution in [-0.4, -0.2) is 20.7 Å². The Balaban J connectivity index is 2.79. The summed E-state index contributed by atoms with van der Waals surface area (Å²) in [6.07, 6.45) is 0. The molecule has 1 aromatic rings. The molecule has 0 aliphatic carbocycles. The predicted octanol–water partition coefficient (Wildman–Crippen LogP) is 4.87. The molecule has 0 bridgehead atoms. The van der Waals surface area contributed by atoms with Crippen LogP contribution < -0.4 is 5.32 Å². The van der Waals surface area contributed by atoms with Crippen LogP contribution in [0, 0.1) is 0 Å². The van der Waals surface area contributed by atoms with Gasteiger partial charge in [-0.05, 0) is 29.7 Å². The quantitative estimate of drug-likeness (QED) is 0.735. The fraction of sp³-hybridized carbons (Fsp3) is 0.600. The molecule has 3 heteroatoms. The molecule has 0 aromatic heterocycles. The van der Waals surface area contributed by atoms with E-state index in [1.807, 2.05) is 0 Å². The van der Waals surface area contributed by atoms with Crippen LogP contribution in [0.3, 0.4) is 0 Å². The molecule has 0 aliphatic heterocycles. The van der Waals surface area contributed by atoms with Gasteiger partial charge in [0.2, 0.25) is 0 Å². The van der Waals surface area contributed by atoms with Gasteiger partial charge in [-0.3, -0.25) is 0 Å². The van der Waals surface area contributed by atoms with Crippen LogP contribution >= 0.6 is 15.9 Å². The van der Waals surface area contributed by atoms with Crippen molar-refractivity contribution in [1.82, 2.24) is 5.32 Å². The van der Waals surface area contributed by atoms with Crippen LogP contribution in [0.2, 0.25) is 25.7 Å². The SMILES string of the molecule is CC(C)NCC(C[Si](C)(C)C)c1ccc(Br)cc1. The first-order valence-corrected chi connectivity index (χ1v) is 11.3. The zero-order chi connectivity index (χ0) is 13.8. The molecular formula is C15H26BrNSi. The Hall–Kier alpha value is -0.123. The van der Waals surface area contributed by atoms with Crippen molar-refractivity contribution in [3.63, 3.8) is 0 Å². The monoisotopic (exact) mass is 327 g/mol. The molecule has 0 amide bonds. The first-order chi connectivity index (χ1) is 8.28. The number of benzene rings is 1. The van der Waals surface area contributed by atoms with Crippen molar-refractivity contribution in [3.8, 4) is 0 Å². The summed E-state index contributed by atoms with van der Waals surface area (Å²) in [4.78, 5) is 0. The highest BCUT2D eigenvalue weighted by atomic mass is 79.9. The molecule has 1 rings (SSSR count). The predicted molar refractivity (Wildman–Crippen MR) is 88.2 cm³/mol. The minimum atomic E-state index is -1.04. The maximum atomic E-state index is 3.59. The summed E-state index contributed by atoms with van der Waals surface area (Å²) < 4.78 is 1.16. The number of hydrogen-bond donors (Lipinski definition) is 1. The lowest BCUT2D eigenvalue weighted by Crippen LogP contribution is -2.32. The minimum absolute atomic E-state index is 0.560. The van der Waals surface area contributed by atoms with E-state index in [9.17, 15) is 0 Å². The summed E-state index contributed by atoms with van der Waals surface area (Å²) in [7, 11) is -1.04. The van der Waals surface area contributed by atoms with Crippen molar-refractivity contribution in [2.75, 3.05) is 6.54 Å². The van der Waals surface area contributed by atoms with Gasteiger partial charge < -0.3 is 5.32 Å². The molecule has 1 N–H and O–H groups in total. The Labute approximate surface area is 122 Å². The summed E-state index contributed by atoms with van der Waals surface area (Å²) in [6, 6.07) is 10.7. The Morgan fingerprint density at radius 1 is 1.11 bits per heavy atom. The number of hydrogen-bond acceptors (Lipinski definition) is 1. The molecular weight excluding hydrogens is 302 g/mol. The highest BCUT2D eigenvalue weighted by Crippen LogP contribution is 2.27. The van der Waals surface area contributed by atoms with Gasteiger partial charge in [0.1, 0.15) is 0 Å². The van der Waals surface area contributed by atoms with Crippen molar-refractivity contribution in [1.29, 1.82) is 0 Å². The second-order valence-electron chi connectivity index (χ2n) is 6.58. The van der Waals surface area contributed by atoms with E-state index in [-0.39, 0.29) is 0 Å². The van der Waals surface area contributed by atoms with E-state index < -0.39 is 8.07 Å². The van der Waals surface area contributed by atoms with Crippen LogP contribution in [-0.2, 0) is 0 Å². The lowest BCUT2D eigenvalue weighted by atomic mass is 10.0. The first kappa shape index (κ1) is 15.9. The summed E-state index contributed by atoms with van der Waals surface area (Å²) in [5.74, 6) is 0.646. The van der Waals surface area contributed by atoms with E-state index in [2.05, 4.69) is 79.0 Å². The average Bonchev–Trinajstić information content (AvgIpc) is 2.23. The van der Waals surface area contributed by atoms with Crippen LogP contribution in [0.4, 0.5) is 0 Å². The highest BCUT2D eigenvalue weighted by molar-refractivity contribution is 9.10. The van der Waals surface area contributed by atoms with E-state index in [0.29, 0.717) is 12.0 Å². The van der Waals surface area contributed by atoms with Gasteiger partial charge in [-0.25, -0.2) is 0 Å². The lowest BCUT2D eigenvalue weighted by molar-refractivity contribution is 0.545. The van der Waals surface area contributed by atoms with E-state index in [1.165, 1.54) is 11.6 Å². The normalized spacial score (nSPS) is 13.9. The molecule has 1 atom stereocenters. The number of halogens is 1. The fourth-order valence-corrected chi connectivity index (χ4v) is 4.28. The number of rotatable bonds is 6. The third-order valence-electron chi connectivity index (χ3n) is 2.97. The van der Waals surface area contributed by atoms with Crippen molar-refractivity contribution < 1.29 is 0 Å². The minimum Gasteiger partial charge on any atom is -0.314 e. The van der Waals surface area contributed by atoms with Gasteiger partial charge in [0, 0.05) is 25.1 Å². The van der Waals surface area contributed by atoms with Crippen molar-refractivity contribution in [2.24, 2.45) is 0 Å². The molecule has 1 unspecified atom stereocenters.